The number of fused-ring (bicyclic) bond motifs is 2. The van der Waals surface area contributed by atoms with Crippen LogP contribution in [0.5, 0.6) is 11.5 Å². The van der Waals surface area contributed by atoms with E-state index in [4.69, 9.17) is 9.47 Å². The van der Waals surface area contributed by atoms with E-state index in [1.165, 1.54) is 0 Å². The number of amides is 1. The number of imidazole rings is 1. The van der Waals surface area contributed by atoms with Crippen molar-refractivity contribution in [3.63, 3.8) is 0 Å². The summed E-state index contributed by atoms with van der Waals surface area (Å²) in [7, 11) is 0. The van der Waals surface area contributed by atoms with Crippen LogP contribution in [0.2, 0.25) is 0 Å². The van der Waals surface area contributed by atoms with Gasteiger partial charge in [-0.2, -0.15) is 0 Å². The molecule has 1 aliphatic heterocycles. The lowest BCUT2D eigenvalue weighted by molar-refractivity contribution is -0.121. The zero-order valence-electron chi connectivity index (χ0n) is 16.2. The Kier molecular flexibility index (Phi) is 4.77. The second-order valence-electron chi connectivity index (χ2n) is 7.08. The third-order valence-electron chi connectivity index (χ3n) is 5.18. The molecule has 5 rings (SSSR count). The lowest BCUT2D eigenvalue weighted by Crippen LogP contribution is -2.25. The van der Waals surface area contributed by atoms with Gasteiger partial charge in [-0.15, -0.1) is 0 Å². The van der Waals surface area contributed by atoms with Gasteiger partial charge in [-0.1, -0.05) is 18.2 Å². The molecule has 3 aromatic heterocycles. The lowest BCUT2D eigenvalue weighted by atomic mass is 9.92. The van der Waals surface area contributed by atoms with Gasteiger partial charge in [0.2, 0.25) is 12.7 Å². The fourth-order valence-electron chi connectivity index (χ4n) is 3.68. The Labute approximate surface area is 173 Å². The van der Waals surface area contributed by atoms with E-state index in [-0.39, 0.29) is 25.0 Å². The maximum atomic E-state index is 12.8. The fourth-order valence-corrected chi connectivity index (χ4v) is 3.68. The maximum absolute atomic E-state index is 12.8. The van der Waals surface area contributed by atoms with E-state index in [1.807, 2.05) is 71.4 Å². The molecule has 0 bridgehead atoms. The van der Waals surface area contributed by atoms with Crippen molar-refractivity contribution in [3.05, 3.63) is 90.1 Å². The molecule has 7 heteroatoms. The van der Waals surface area contributed by atoms with Crippen molar-refractivity contribution in [2.24, 2.45) is 0 Å². The highest BCUT2D eigenvalue weighted by molar-refractivity contribution is 5.77. The molecule has 150 valence electrons. The first-order chi connectivity index (χ1) is 14.8. The topological polar surface area (TPSA) is 77.8 Å². The highest BCUT2D eigenvalue weighted by atomic mass is 16.7. The van der Waals surface area contributed by atoms with Crippen LogP contribution in [0.25, 0.3) is 5.65 Å². The zero-order valence-corrected chi connectivity index (χ0v) is 16.2. The summed E-state index contributed by atoms with van der Waals surface area (Å²) < 4.78 is 13.0. The van der Waals surface area contributed by atoms with Gasteiger partial charge in [0.1, 0.15) is 5.65 Å². The Morgan fingerprint density at radius 1 is 1.07 bits per heavy atom. The molecular formula is C23H20N4O3. The van der Waals surface area contributed by atoms with E-state index in [1.54, 1.807) is 6.20 Å². The Balaban J connectivity index is 1.44. The van der Waals surface area contributed by atoms with Crippen molar-refractivity contribution in [1.82, 2.24) is 19.7 Å². The van der Waals surface area contributed by atoms with Gasteiger partial charge in [-0.25, -0.2) is 4.98 Å². The van der Waals surface area contributed by atoms with Gasteiger partial charge in [0.15, 0.2) is 11.5 Å². The molecule has 1 unspecified atom stereocenters. The number of rotatable bonds is 6. The summed E-state index contributed by atoms with van der Waals surface area (Å²) in [5, 5.41) is 2.97. The van der Waals surface area contributed by atoms with Crippen molar-refractivity contribution in [1.29, 1.82) is 0 Å². The summed E-state index contributed by atoms with van der Waals surface area (Å²) in [5.74, 6) is 1.16. The fraction of sp³-hybridized carbons (Fsp3) is 0.174. The van der Waals surface area contributed by atoms with Crippen LogP contribution in [0.1, 0.15) is 29.3 Å². The average Bonchev–Trinajstić information content (AvgIpc) is 3.43. The minimum absolute atomic E-state index is 0.0609. The normalized spacial score (nSPS) is 13.3. The third-order valence-corrected chi connectivity index (χ3v) is 5.18. The van der Waals surface area contributed by atoms with E-state index < -0.39 is 0 Å². The Hall–Kier alpha value is -3.87. The quantitative estimate of drug-likeness (QED) is 0.537. The maximum Gasteiger partial charge on any atom is 0.231 e. The number of ether oxygens (including phenoxy) is 2. The summed E-state index contributed by atoms with van der Waals surface area (Å²) >= 11 is 0. The van der Waals surface area contributed by atoms with Crippen LogP contribution >= 0.6 is 0 Å². The second kappa shape index (κ2) is 7.87. The number of hydrogen-bond acceptors (Lipinski definition) is 5. The first-order valence-electron chi connectivity index (χ1n) is 9.76. The Morgan fingerprint density at radius 2 is 1.97 bits per heavy atom. The number of carbonyl (C=O) groups is 1. The molecular weight excluding hydrogens is 380 g/mol. The van der Waals surface area contributed by atoms with E-state index in [0.717, 1.165) is 28.3 Å². The monoisotopic (exact) mass is 400 g/mol. The molecule has 7 nitrogen and oxygen atoms in total. The van der Waals surface area contributed by atoms with Gasteiger partial charge in [0, 0.05) is 30.9 Å². The van der Waals surface area contributed by atoms with Crippen molar-refractivity contribution in [2.45, 2.75) is 18.9 Å². The molecule has 1 N–H and O–H groups in total. The molecule has 1 atom stereocenters. The van der Waals surface area contributed by atoms with E-state index in [9.17, 15) is 4.79 Å². The van der Waals surface area contributed by atoms with Gasteiger partial charge in [0.25, 0.3) is 0 Å². The Bertz CT molecular complexity index is 1190. The van der Waals surface area contributed by atoms with E-state index >= 15 is 0 Å². The second-order valence-corrected chi connectivity index (χ2v) is 7.08. The molecule has 0 saturated heterocycles. The average molecular weight is 400 g/mol. The van der Waals surface area contributed by atoms with Crippen molar-refractivity contribution >= 4 is 11.6 Å². The van der Waals surface area contributed by atoms with Crippen LogP contribution in [0, 0.1) is 0 Å². The zero-order chi connectivity index (χ0) is 20.3. The summed E-state index contributed by atoms with van der Waals surface area (Å²) in [6, 6.07) is 17.3. The van der Waals surface area contributed by atoms with Crippen LogP contribution in [0.15, 0.2) is 73.2 Å². The number of benzene rings is 1. The van der Waals surface area contributed by atoms with Crippen LogP contribution in [0.4, 0.5) is 0 Å². The number of aromatic nitrogens is 3. The predicted octanol–water partition coefficient (Wildman–Crippen LogP) is 3.30. The lowest BCUT2D eigenvalue weighted by Gasteiger charge is -2.18. The molecule has 1 amide bonds. The minimum Gasteiger partial charge on any atom is -0.454 e. The standard InChI is InChI=1S/C23H20N4O3/c28-23(26-13-17-5-1-3-9-24-17)12-18(16-7-8-20-21(11-16)30-15-29-20)19-14-25-22-6-2-4-10-27(19)22/h1-11,14,18H,12-13,15H2,(H,26,28). The minimum atomic E-state index is -0.194. The van der Waals surface area contributed by atoms with Crippen LogP contribution < -0.4 is 14.8 Å². The first-order valence-corrected chi connectivity index (χ1v) is 9.76. The summed E-state index contributed by atoms with van der Waals surface area (Å²) in [6.07, 6.45) is 5.78. The molecule has 0 spiro atoms. The summed E-state index contributed by atoms with van der Waals surface area (Å²) in [5.41, 5.74) is 3.57. The molecule has 1 aromatic carbocycles. The van der Waals surface area contributed by atoms with Gasteiger partial charge in [-0.3, -0.25) is 9.78 Å². The molecule has 0 fully saturated rings. The Morgan fingerprint density at radius 3 is 2.87 bits per heavy atom. The van der Waals surface area contributed by atoms with Gasteiger partial charge in [0.05, 0.1) is 17.9 Å². The van der Waals surface area contributed by atoms with Crippen molar-refractivity contribution in [3.8, 4) is 11.5 Å². The van der Waals surface area contributed by atoms with Gasteiger partial charge >= 0.3 is 0 Å². The SMILES string of the molecule is O=C(CC(c1ccc2c(c1)OCO2)c1cnc2ccccn12)NCc1ccccn1. The molecule has 0 radical (unpaired) electrons. The van der Waals surface area contributed by atoms with Crippen LogP contribution in [-0.2, 0) is 11.3 Å². The highest BCUT2D eigenvalue weighted by Gasteiger charge is 2.24. The van der Waals surface area contributed by atoms with Crippen molar-refractivity contribution < 1.29 is 14.3 Å². The summed E-state index contributed by atoms with van der Waals surface area (Å²) in [6.45, 7) is 0.602. The number of nitrogens with zero attached hydrogens (tertiary/aromatic N) is 3. The molecule has 1 aliphatic rings. The van der Waals surface area contributed by atoms with Gasteiger partial charge < -0.3 is 19.2 Å². The number of nitrogens with one attached hydrogen (secondary N) is 1. The molecule has 30 heavy (non-hydrogen) atoms. The van der Waals surface area contributed by atoms with E-state index in [2.05, 4.69) is 15.3 Å². The number of pyridine rings is 2. The van der Waals surface area contributed by atoms with Crippen molar-refractivity contribution in [2.75, 3.05) is 6.79 Å². The largest absolute Gasteiger partial charge is 0.454 e. The third kappa shape index (κ3) is 3.57. The highest BCUT2D eigenvalue weighted by Crippen LogP contribution is 2.37. The molecule has 0 saturated carbocycles. The van der Waals surface area contributed by atoms with Gasteiger partial charge in [-0.05, 0) is 42.0 Å². The number of hydrogen-bond donors (Lipinski definition) is 1. The smallest absolute Gasteiger partial charge is 0.231 e. The first kappa shape index (κ1) is 18.2. The van der Waals surface area contributed by atoms with E-state index in [0.29, 0.717) is 12.3 Å². The molecule has 0 aliphatic carbocycles. The summed E-state index contributed by atoms with van der Waals surface area (Å²) in [4.78, 5) is 21.6. The molecule has 4 heterocycles. The predicted molar refractivity (Wildman–Crippen MR) is 110 cm³/mol. The number of carbonyl (C=O) groups excluding carboxylic acids is 1. The molecule has 4 aromatic rings. The van der Waals surface area contributed by atoms with Crippen LogP contribution in [0.3, 0.4) is 0 Å². The van der Waals surface area contributed by atoms with Crippen LogP contribution in [-0.4, -0.2) is 27.1 Å².